The maximum atomic E-state index is 11.1. The number of hydrogen-bond acceptors (Lipinski definition) is 4. The zero-order chi connectivity index (χ0) is 20.2. The predicted molar refractivity (Wildman–Crippen MR) is 111 cm³/mol. The molecule has 0 aromatic carbocycles. The number of carbonyl (C=O) groups is 1. The number of allylic oxidation sites excluding steroid dienone is 7. The molecule has 0 fully saturated rings. The van der Waals surface area contributed by atoms with Gasteiger partial charge in [0.1, 0.15) is 12.4 Å². The van der Waals surface area contributed by atoms with E-state index in [1.165, 1.54) is 0 Å². The van der Waals surface area contributed by atoms with Gasteiger partial charge in [-0.25, -0.2) is 0 Å². The minimum absolute atomic E-state index is 0.321. The Labute approximate surface area is 163 Å². The van der Waals surface area contributed by atoms with Crippen molar-refractivity contribution in [1.82, 2.24) is 0 Å². The van der Waals surface area contributed by atoms with Gasteiger partial charge in [-0.2, -0.15) is 0 Å². The van der Waals surface area contributed by atoms with Crippen molar-refractivity contribution in [1.29, 1.82) is 0 Å². The summed E-state index contributed by atoms with van der Waals surface area (Å²) >= 11 is 0. The van der Waals surface area contributed by atoms with Gasteiger partial charge in [0.15, 0.2) is 0 Å². The SMILES string of the molecule is CCCCCC(C(O)C/C=C\C/C=C\C/C=C\C/C=C\CCC=O)[N+](=O)[O-]. The molecule has 0 amide bonds. The molecular weight excluding hydrogens is 342 g/mol. The molecule has 1 N–H and O–H groups in total. The molecule has 152 valence electrons. The minimum Gasteiger partial charge on any atom is -0.386 e. The molecule has 0 rings (SSSR count). The van der Waals surface area contributed by atoms with Gasteiger partial charge < -0.3 is 9.90 Å². The second kappa shape index (κ2) is 18.8. The predicted octanol–water partition coefficient (Wildman–Crippen LogP) is 5.34. The third kappa shape index (κ3) is 15.9. The Kier molecular flexibility index (Phi) is 17.4. The highest BCUT2D eigenvalue weighted by atomic mass is 16.6. The molecule has 0 aliphatic heterocycles. The van der Waals surface area contributed by atoms with Crippen LogP contribution in [0.15, 0.2) is 48.6 Å². The van der Waals surface area contributed by atoms with Crippen LogP contribution in [0.25, 0.3) is 0 Å². The molecule has 0 heterocycles. The molecule has 0 bridgehead atoms. The van der Waals surface area contributed by atoms with Gasteiger partial charge in [-0.05, 0) is 38.5 Å². The lowest BCUT2D eigenvalue weighted by molar-refractivity contribution is -0.535. The normalized spacial score (nSPS) is 14.6. The molecule has 0 aromatic rings. The van der Waals surface area contributed by atoms with Gasteiger partial charge in [-0.3, -0.25) is 10.1 Å². The van der Waals surface area contributed by atoms with Crippen LogP contribution in [0.4, 0.5) is 0 Å². The fourth-order valence-electron chi connectivity index (χ4n) is 2.53. The molecule has 0 spiro atoms. The zero-order valence-electron chi connectivity index (χ0n) is 16.5. The smallest absolute Gasteiger partial charge is 0.238 e. The van der Waals surface area contributed by atoms with Gasteiger partial charge in [0.2, 0.25) is 6.04 Å². The highest BCUT2D eigenvalue weighted by Crippen LogP contribution is 2.13. The van der Waals surface area contributed by atoms with E-state index in [4.69, 9.17) is 0 Å². The van der Waals surface area contributed by atoms with Crippen LogP contribution in [0.2, 0.25) is 0 Å². The molecule has 2 unspecified atom stereocenters. The summed E-state index contributed by atoms with van der Waals surface area (Å²) in [7, 11) is 0. The number of nitrogens with zero attached hydrogens (tertiary/aromatic N) is 1. The van der Waals surface area contributed by atoms with Crippen molar-refractivity contribution >= 4 is 6.29 Å². The van der Waals surface area contributed by atoms with Crippen LogP contribution in [-0.2, 0) is 4.79 Å². The Morgan fingerprint density at radius 2 is 1.44 bits per heavy atom. The number of carbonyl (C=O) groups excluding carboxylic acids is 1. The average Bonchev–Trinajstić information content (AvgIpc) is 2.65. The molecule has 0 saturated heterocycles. The summed E-state index contributed by atoms with van der Waals surface area (Å²) in [5.74, 6) is 0. The van der Waals surface area contributed by atoms with E-state index in [0.717, 1.165) is 51.2 Å². The lowest BCUT2D eigenvalue weighted by Gasteiger charge is -2.14. The maximum absolute atomic E-state index is 11.1. The van der Waals surface area contributed by atoms with Crippen molar-refractivity contribution in [3.63, 3.8) is 0 Å². The number of rotatable bonds is 17. The number of aliphatic hydroxyl groups excluding tert-OH is 1. The summed E-state index contributed by atoms with van der Waals surface area (Å²) in [6, 6.07) is -0.866. The summed E-state index contributed by atoms with van der Waals surface area (Å²) in [4.78, 5) is 20.9. The van der Waals surface area contributed by atoms with Crippen LogP contribution in [0.5, 0.6) is 0 Å². The van der Waals surface area contributed by atoms with Crippen molar-refractivity contribution in [3.8, 4) is 0 Å². The summed E-state index contributed by atoms with van der Waals surface area (Å²) in [6.45, 7) is 2.05. The lowest BCUT2D eigenvalue weighted by atomic mass is 10.0. The van der Waals surface area contributed by atoms with Crippen molar-refractivity contribution in [2.24, 2.45) is 0 Å². The Morgan fingerprint density at radius 1 is 0.889 bits per heavy atom. The fraction of sp³-hybridized carbons (Fsp3) is 0.591. The van der Waals surface area contributed by atoms with E-state index in [9.17, 15) is 20.0 Å². The molecule has 0 aliphatic rings. The number of nitro groups is 1. The van der Waals surface area contributed by atoms with Gasteiger partial charge in [-0.1, -0.05) is 68.4 Å². The van der Waals surface area contributed by atoms with Crippen LogP contribution in [0, 0.1) is 10.1 Å². The van der Waals surface area contributed by atoms with Crippen LogP contribution in [-0.4, -0.2) is 28.5 Å². The average molecular weight is 378 g/mol. The van der Waals surface area contributed by atoms with Crippen LogP contribution >= 0.6 is 0 Å². The van der Waals surface area contributed by atoms with Crippen molar-refractivity contribution < 1.29 is 14.8 Å². The number of hydrogen-bond donors (Lipinski definition) is 1. The Balaban J connectivity index is 3.90. The van der Waals surface area contributed by atoms with Crippen LogP contribution in [0.1, 0.15) is 71.1 Å². The quantitative estimate of drug-likeness (QED) is 0.122. The van der Waals surface area contributed by atoms with Gasteiger partial charge in [-0.15, -0.1) is 0 Å². The molecule has 2 atom stereocenters. The monoisotopic (exact) mass is 377 g/mol. The highest BCUT2D eigenvalue weighted by molar-refractivity contribution is 5.49. The molecule has 0 radical (unpaired) electrons. The van der Waals surface area contributed by atoms with E-state index in [1.54, 1.807) is 0 Å². The Hall–Kier alpha value is -2.01. The van der Waals surface area contributed by atoms with Crippen molar-refractivity contribution in [2.45, 2.75) is 83.3 Å². The first-order valence-electron chi connectivity index (χ1n) is 9.98. The third-order valence-corrected chi connectivity index (χ3v) is 4.13. The number of aldehydes is 1. The van der Waals surface area contributed by atoms with E-state index in [0.29, 0.717) is 19.3 Å². The second-order valence-electron chi connectivity index (χ2n) is 6.49. The first kappa shape index (κ1) is 25.0. The van der Waals surface area contributed by atoms with E-state index in [1.807, 2.05) is 24.3 Å². The van der Waals surface area contributed by atoms with Crippen LogP contribution in [0.3, 0.4) is 0 Å². The summed E-state index contributed by atoms with van der Waals surface area (Å²) in [5.41, 5.74) is 0. The lowest BCUT2D eigenvalue weighted by Crippen LogP contribution is -2.33. The maximum Gasteiger partial charge on any atom is 0.238 e. The zero-order valence-corrected chi connectivity index (χ0v) is 16.5. The van der Waals surface area contributed by atoms with Crippen molar-refractivity contribution in [3.05, 3.63) is 58.7 Å². The topological polar surface area (TPSA) is 80.4 Å². The van der Waals surface area contributed by atoms with Gasteiger partial charge in [0, 0.05) is 17.8 Å². The molecule has 0 saturated carbocycles. The summed E-state index contributed by atoms with van der Waals surface area (Å²) < 4.78 is 0. The van der Waals surface area contributed by atoms with Gasteiger partial charge >= 0.3 is 0 Å². The molecule has 0 aliphatic carbocycles. The molecule has 0 aromatic heterocycles. The Bertz CT molecular complexity index is 495. The van der Waals surface area contributed by atoms with E-state index in [2.05, 4.69) is 31.2 Å². The van der Waals surface area contributed by atoms with Crippen molar-refractivity contribution in [2.75, 3.05) is 0 Å². The third-order valence-electron chi connectivity index (χ3n) is 4.13. The molecule has 27 heavy (non-hydrogen) atoms. The van der Waals surface area contributed by atoms with E-state index < -0.39 is 12.1 Å². The van der Waals surface area contributed by atoms with E-state index >= 15 is 0 Å². The number of aliphatic hydroxyl groups is 1. The van der Waals surface area contributed by atoms with Gasteiger partial charge in [0.25, 0.3) is 0 Å². The van der Waals surface area contributed by atoms with E-state index in [-0.39, 0.29) is 4.92 Å². The Morgan fingerprint density at radius 3 is 1.96 bits per heavy atom. The minimum atomic E-state index is -0.917. The summed E-state index contributed by atoms with van der Waals surface area (Å²) in [5, 5.41) is 21.1. The van der Waals surface area contributed by atoms with Crippen LogP contribution < -0.4 is 0 Å². The van der Waals surface area contributed by atoms with Gasteiger partial charge in [0.05, 0.1) is 0 Å². The molecule has 5 nitrogen and oxygen atoms in total. The largest absolute Gasteiger partial charge is 0.386 e. The first-order chi connectivity index (χ1) is 13.1. The first-order valence-corrected chi connectivity index (χ1v) is 9.98. The second-order valence-corrected chi connectivity index (χ2v) is 6.49. The molecule has 5 heteroatoms. The standard InChI is InChI=1S/C22H35NO4/c1-2-3-15-18-21(23(26)27)22(25)19-16-13-11-9-7-5-4-6-8-10-12-14-17-20-24/h4,6-7,9-10,12-13,16,20-22,25H,2-3,5,8,11,14-15,17-19H2,1H3/b6-4-,9-7-,12-10-,16-13-. The number of unbranched alkanes of at least 4 members (excludes halogenated alkanes) is 3. The highest BCUT2D eigenvalue weighted by Gasteiger charge is 2.27. The molecular formula is C22H35NO4. The fourth-order valence-corrected chi connectivity index (χ4v) is 2.53. The summed E-state index contributed by atoms with van der Waals surface area (Å²) in [6.07, 6.45) is 23.5.